The molecule has 6 heteroatoms. The highest BCUT2D eigenvalue weighted by Gasteiger charge is 2.41. The van der Waals surface area contributed by atoms with Gasteiger partial charge in [-0.15, -0.1) is 0 Å². The number of hydrogen-bond donors (Lipinski definition) is 2. The van der Waals surface area contributed by atoms with E-state index in [9.17, 15) is 18.3 Å². The highest BCUT2D eigenvalue weighted by Crippen LogP contribution is 2.39. The van der Waals surface area contributed by atoms with Crippen LogP contribution >= 0.6 is 0 Å². The van der Waals surface area contributed by atoms with Crippen LogP contribution in [0.5, 0.6) is 0 Å². The Hall–Kier alpha value is -1.04. The fourth-order valence-electron chi connectivity index (χ4n) is 1.10. The Morgan fingerprint density at radius 2 is 1.69 bits per heavy atom. The number of nitrogens with one attached hydrogen (secondary N) is 1. The molecule has 0 spiro atoms. The second-order valence-electron chi connectivity index (χ2n) is 4.99. The van der Waals surface area contributed by atoms with E-state index in [1.807, 2.05) is 5.10 Å². The Balaban J connectivity index is 3.13. The molecule has 3 nitrogen and oxygen atoms in total. The van der Waals surface area contributed by atoms with Gasteiger partial charge in [-0.1, -0.05) is 20.8 Å². The topological polar surface area (TPSA) is 48.9 Å². The summed E-state index contributed by atoms with van der Waals surface area (Å²) in [5, 5.41) is 15.6. The maximum atomic E-state index is 12.3. The van der Waals surface area contributed by atoms with Crippen LogP contribution in [0.25, 0.3) is 0 Å². The minimum absolute atomic E-state index is 0.00711. The number of nitrogens with zero attached hydrogens (tertiary/aromatic N) is 1. The maximum absolute atomic E-state index is 12.3. The molecule has 2 N–H and O–H groups in total. The summed E-state index contributed by atoms with van der Waals surface area (Å²) in [6, 6.07) is 0.839. The normalized spacial score (nSPS) is 17.2. The molecule has 0 bridgehead atoms. The van der Waals surface area contributed by atoms with Crippen LogP contribution in [0, 0.1) is 5.41 Å². The van der Waals surface area contributed by atoms with E-state index in [2.05, 4.69) is 5.10 Å². The molecule has 1 aromatic rings. The smallest absolute Gasteiger partial charge is 0.383 e. The van der Waals surface area contributed by atoms with Gasteiger partial charge in [0.15, 0.2) is 0 Å². The third-order valence-electron chi connectivity index (χ3n) is 2.84. The molecule has 1 heterocycles. The largest absolute Gasteiger partial charge is 0.432 e. The Morgan fingerprint density at radius 3 is 2.00 bits per heavy atom. The number of hydrogen-bond acceptors (Lipinski definition) is 2. The van der Waals surface area contributed by atoms with Crippen molar-refractivity contribution in [2.24, 2.45) is 5.41 Å². The molecule has 1 atom stereocenters. The Labute approximate surface area is 91.7 Å². The lowest BCUT2D eigenvalue weighted by molar-refractivity contribution is -0.141. The van der Waals surface area contributed by atoms with Gasteiger partial charge < -0.3 is 5.11 Å². The fourth-order valence-corrected chi connectivity index (χ4v) is 1.10. The van der Waals surface area contributed by atoms with Crippen molar-refractivity contribution in [3.05, 3.63) is 17.5 Å². The molecule has 0 aliphatic carbocycles. The van der Waals surface area contributed by atoms with Crippen molar-refractivity contribution in [1.29, 1.82) is 0 Å². The van der Waals surface area contributed by atoms with E-state index in [0.717, 1.165) is 6.07 Å². The molecule has 0 aliphatic rings. The zero-order valence-electron chi connectivity index (χ0n) is 9.61. The minimum atomic E-state index is -4.47. The van der Waals surface area contributed by atoms with Crippen LogP contribution in [-0.4, -0.2) is 15.3 Å². The number of aromatic amines is 1. The van der Waals surface area contributed by atoms with E-state index in [1.54, 1.807) is 20.8 Å². The molecular weight excluding hydrogens is 221 g/mol. The predicted octanol–water partition coefficient (Wildman–Crippen LogP) is 2.68. The molecular formula is C10H15F3N2O. The molecule has 0 unspecified atom stereocenters. The molecule has 0 aliphatic heterocycles. The van der Waals surface area contributed by atoms with Gasteiger partial charge in [0, 0.05) is 0 Å². The maximum Gasteiger partial charge on any atom is 0.432 e. The van der Waals surface area contributed by atoms with Crippen molar-refractivity contribution in [3.63, 3.8) is 0 Å². The average Bonchev–Trinajstić information content (AvgIpc) is 2.47. The third-order valence-corrected chi connectivity index (χ3v) is 2.84. The summed E-state index contributed by atoms with van der Waals surface area (Å²) in [6.45, 7) is 6.64. The van der Waals surface area contributed by atoms with E-state index >= 15 is 0 Å². The molecule has 0 saturated heterocycles. The van der Waals surface area contributed by atoms with Crippen LogP contribution in [0.4, 0.5) is 13.2 Å². The summed E-state index contributed by atoms with van der Waals surface area (Å²) in [6.07, 6.45) is -4.47. The van der Waals surface area contributed by atoms with Crippen molar-refractivity contribution in [1.82, 2.24) is 10.2 Å². The van der Waals surface area contributed by atoms with Crippen LogP contribution in [-0.2, 0) is 11.8 Å². The van der Waals surface area contributed by atoms with E-state index in [1.165, 1.54) is 6.92 Å². The molecule has 0 saturated carbocycles. The minimum Gasteiger partial charge on any atom is -0.383 e. The van der Waals surface area contributed by atoms with Gasteiger partial charge in [0.1, 0.15) is 11.3 Å². The van der Waals surface area contributed by atoms with E-state index < -0.39 is 22.9 Å². The van der Waals surface area contributed by atoms with Gasteiger partial charge in [-0.2, -0.15) is 18.3 Å². The summed E-state index contributed by atoms with van der Waals surface area (Å²) < 4.78 is 37.0. The SMILES string of the molecule is CC(C)(C)[C@](C)(O)c1cc(C(F)(F)F)[nH]n1. The predicted molar refractivity (Wildman–Crippen MR) is 52.6 cm³/mol. The molecule has 1 aromatic heterocycles. The van der Waals surface area contributed by atoms with Crippen molar-refractivity contribution in [3.8, 4) is 0 Å². The van der Waals surface area contributed by atoms with Crippen molar-refractivity contribution >= 4 is 0 Å². The van der Waals surface area contributed by atoms with E-state index in [-0.39, 0.29) is 5.69 Å². The second kappa shape index (κ2) is 3.48. The number of H-pyrrole nitrogens is 1. The molecule has 1 rings (SSSR count). The standard InChI is InChI=1S/C10H15F3N2O/c1-8(2,3)9(4,16)6-5-7(15-14-6)10(11,12)13/h5,16H,1-4H3,(H,14,15)/t9-/m1/s1. The summed E-state index contributed by atoms with van der Waals surface area (Å²) >= 11 is 0. The van der Waals surface area contributed by atoms with Crippen LogP contribution in [0.15, 0.2) is 6.07 Å². The summed E-state index contributed by atoms with van der Waals surface area (Å²) in [5.41, 5.74) is -2.99. The number of aromatic nitrogens is 2. The van der Waals surface area contributed by atoms with E-state index in [0.29, 0.717) is 0 Å². The molecule has 0 amide bonds. The zero-order valence-corrected chi connectivity index (χ0v) is 9.61. The van der Waals surface area contributed by atoms with Crippen molar-refractivity contribution in [2.75, 3.05) is 0 Å². The van der Waals surface area contributed by atoms with E-state index in [4.69, 9.17) is 0 Å². The first-order valence-electron chi connectivity index (χ1n) is 4.82. The Kier molecular flexibility index (Phi) is 2.83. The van der Waals surface area contributed by atoms with Gasteiger partial charge in [-0.3, -0.25) is 5.10 Å². The molecule has 0 fully saturated rings. The quantitative estimate of drug-likeness (QED) is 0.787. The fraction of sp³-hybridized carbons (Fsp3) is 0.700. The monoisotopic (exact) mass is 236 g/mol. The van der Waals surface area contributed by atoms with Gasteiger partial charge in [0.2, 0.25) is 0 Å². The highest BCUT2D eigenvalue weighted by molar-refractivity contribution is 5.19. The first kappa shape index (κ1) is 13.0. The van der Waals surface area contributed by atoms with Crippen molar-refractivity contribution in [2.45, 2.75) is 39.5 Å². The zero-order chi connectivity index (χ0) is 12.8. The number of halogens is 3. The van der Waals surface area contributed by atoms with Crippen LogP contribution < -0.4 is 0 Å². The summed E-state index contributed by atoms with van der Waals surface area (Å²) in [4.78, 5) is 0. The lowest BCUT2D eigenvalue weighted by Gasteiger charge is -2.35. The van der Waals surface area contributed by atoms with Crippen LogP contribution in [0.3, 0.4) is 0 Å². The van der Waals surface area contributed by atoms with Gasteiger partial charge in [0.05, 0.1) is 5.69 Å². The third kappa shape index (κ3) is 2.21. The molecule has 92 valence electrons. The molecule has 16 heavy (non-hydrogen) atoms. The lowest BCUT2D eigenvalue weighted by Crippen LogP contribution is -2.37. The average molecular weight is 236 g/mol. The first-order chi connectivity index (χ1) is 6.96. The van der Waals surface area contributed by atoms with Gasteiger partial charge in [-0.05, 0) is 18.4 Å². The van der Waals surface area contributed by atoms with Gasteiger partial charge in [-0.25, -0.2) is 0 Å². The summed E-state index contributed by atoms with van der Waals surface area (Å²) in [5.74, 6) is 0. The first-order valence-corrected chi connectivity index (χ1v) is 4.82. The summed E-state index contributed by atoms with van der Waals surface area (Å²) in [7, 11) is 0. The number of alkyl halides is 3. The highest BCUT2D eigenvalue weighted by atomic mass is 19.4. The van der Waals surface area contributed by atoms with Crippen LogP contribution in [0.1, 0.15) is 39.1 Å². The lowest BCUT2D eigenvalue weighted by atomic mass is 9.76. The Bertz CT molecular complexity index is 374. The Morgan fingerprint density at radius 1 is 1.19 bits per heavy atom. The number of rotatable bonds is 1. The second-order valence-corrected chi connectivity index (χ2v) is 4.99. The van der Waals surface area contributed by atoms with Gasteiger partial charge in [0.25, 0.3) is 0 Å². The molecule has 0 radical (unpaired) electrons. The van der Waals surface area contributed by atoms with Crippen molar-refractivity contribution < 1.29 is 18.3 Å². The molecule has 0 aromatic carbocycles. The van der Waals surface area contributed by atoms with Gasteiger partial charge >= 0.3 is 6.18 Å². The van der Waals surface area contributed by atoms with Crippen LogP contribution in [0.2, 0.25) is 0 Å². The number of aliphatic hydroxyl groups is 1.